The summed E-state index contributed by atoms with van der Waals surface area (Å²) in [7, 11) is 5.77. The van der Waals surface area contributed by atoms with E-state index in [1.807, 2.05) is 18.2 Å². The number of hydrogen-bond donors (Lipinski definition) is 2. The molecule has 0 unspecified atom stereocenters. The number of rotatable bonds is 6. The Hall–Kier alpha value is -1.92. The van der Waals surface area contributed by atoms with Gasteiger partial charge in [0.2, 0.25) is 0 Å². The van der Waals surface area contributed by atoms with Crippen LogP contribution in [0.25, 0.3) is 0 Å². The Bertz CT molecular complexity index is 753. The van der Waals surface area contributed by atoms with Crippen molar-refractivity contribution in [2.45, 2.75) is 24.2 Å². The Balaban J connectivity index is 1.84. The number of nitrogen functional groups attached to an aromatic ring is 1. The van der Waals surface area contributed by atoms with E-state index in [4.69, 9.17) is 10.5 Å². The Labute approximate surface area is 153 Å². The maximum atomic E-state index is 12.4. The second-order valence-electron chi connectivity index (χ2n) is 6.64. The lowest BCUT2D eigenvalue weighted by molar-refractivity contribution is -0.115. The van der Waals surface area contributed by atoms with Crippen LogP contribution in [0.15, 0.2) is 39.3 Å². The fourth-order valence-corrected chi connectivity index (χ4v) is 4.28. The molecule has 3 rings (SSSR count). The largest absolute Gasteiger partial charge is 0.501 e. The van der Waals surface area contributed by atoms with Crippen molar-refractivity contribution < 1.29 is 9.53 Å². The summed E-state index contributed by atoms with van der Waals surface area (Å²) in [6, 6.07) is 3.97. The second-order valence-corrected chi connectivity index (χ2v) is 7.66. The van der Waals surface area contributed by atoms with Crippen molar-refractivity contribution in [2.24, 2.45) is 0 Å². The summed E-state index contributed by atoms with van der Waals surface area (Å²) < 4.78 is 5.31. The van der Waals surface area contributed by atoms with Gasteiger partial charge in [0.05, 0.1) is 18.4 Å². The Morgan fingerprint density at radius 1 is 1.32 bits per heavy atom. The van der Waals surface area contributed by atoms with Gasteiger partial charge < -0.3 is 20.7 Å². The van der Waals surface area contributed by atoms with E-state index in [1.54, 1.807) is 7.11 Å². The Morgan fingerprint density at radius 2 is 2.12 bits per heavy atom. The molecule has 0 saturated heterocycles. The number of thioether (sulfide) groups is 1. The van der Waals surface area contributed by atoms with Crippen molar-refractivity contribution in [1.29, 1.82) is 0 Å². The molecule has 0 fully saturated rings. The SMILES string of the molecule is COC1=CC2=C(Sc3c(N)ccc(NCCCN(C)C)c3C2)C(=O)C1. The lowest BCUT2D eigenvalue weighted by Gasteiger charge is -2.27. The van der Waals surface area contributed by atoms with Crippen LogP contribution in [0.1, 0.15) is 18.4 Å². The zero-order valence-electron chi connectivity index (χ0n) is 15.0. The van der Waals surface area contributed by atoms with Crippen LogP contribution in [0.4, 0.5) is 11.4 Å². The number of Topliss-reactive ketones (excluding diaryl/α,β-unsaturated/α-hetero) is 1. The summed E-state index contributed by atoms with van der Waals surface area (Å²) in [5, 5.41) is 3.53. The van der Waals surface area contributed by atoms with Gasteiger partial charge in [0.15, 0.2) is 5.78 Å². The highest BCUT2D eigenvalue weighted by atomic mass is 32.2. The molecule has 0 radical (unpaired) electrons. The molecule has 1 aliphatic heterocycles. The number of carbonyl (C=O) groups excluding carboxylic acids is 1. The predicted molar refractivity (Wildman–Crippen MR) is 104 cm³/mol. The average molecular weight is 359 g/mol. The molecule has 3 N–H and O–H groups in total. The maximum absolute atomic E-state index is 12.4. The quantitative estimate of drug-likeness (QED) is 0.601. The topological polar surface area (TPSA) is 67.6 Å². The summed E-state index contributed by atoms with van der Waals surface area (Å²) in [5.41, 5.74) is 10.2. The first-order valence-electron chi connectivity index (χ1n) is 8.48. The number of allylic oxidation sites excluding steroid dienone is 4. The predicted octanol–water partition coefficient (Wildman–Crippen LogP) is 3.04. The number of ether oxygens (including phenoxy) is 1. The molecule has 25 heavy (non-hydrogen) atoms. The summed E-state index contributed by atoms with van der Waals surface area (Å²) in [6.45, 7) is 1.95. The van der Waals surface area contributed by atoms with Crippen LogP contribution in [0, 0.1) is 0 Å². The summed E-state index contributed by atoms with van der Waals surface area (Å²) in [6.07, 6.45) is 4.11. The Kier molecular flexibility index (Phi) is 5.39. The molecule has 1 heterocycles. The molecule has 0 amide bonds. The smallest absolute Gasteiger partial charge is 0.177 e. The van der Waals surface area contributed by atoms with Crippen molar-refractivity contribution in [3.8, 4) is 0 Å². The highest BCUT2D eigenvalue weighted by molar-refractivity contribution is 8.04. The van der Waals surface area contributed by atoms with Crippen LogP contribution in [-0.2, 0) is 16.0 Å². The molecule has 1 aromatic carbocycles. The molecular formula is C19H25N3O2S. The molecule has 1 aliphatic carbocycles. The summed E-state index contributed by atoms with van der Waals surface area (Å²) in [4.78, 5) is 16.4. The third kappa shape index (κ3) is 3.85. The van der Waals surface area contributed by atoms with Gasteiger partial charge in [-0.05, 0) is 56.4 Å². The van der Waals surface area contributed by atoms with E-state index in [1.165, 1.54) is 17.3 Å². The molecule has 0 saturated carbocycles. The summed E-state index contributed by atoms with van der Waals surface area (Å²) >= 11 is 1.50. The van der Waals surface area contributed by atoms with E-state index >= 15 is 0 Å². The van der Waals surface area contributed by atoms with Crippen molar-refractivity contribution >= 4 is 28.9 Å². The van der Waals surface area contributed by atoms with Crippen LogP contribution < -0.4 is 11.1 Å². The molecule has 0 bridgehead atoms. The minimum atomic E-state index is 0.119. The van der Waals surface area contributed by atoms with E-state index in [9.17, 15) is 4.79 Å². The van der Waals surface area contributed by atoms with Crippen molar-refractivity contribution in [2.75, 3.05) is 45.3 Å². The fraction of sp³-hybridized carbons (Fsp3) is 0.421. The number of fused-ring (bicyclic) bond motifs is 1. The van der Waals surface area contributed by atoms with Crippen molar-refractivity contribution in [3.05, 3.63) is 40.0 Å². The van der Waals surface area contributed by atoms with Crippen molar-refractivity contribution in [3.63, 3.8) is 0 Å². The molecule has 134 valence electrons. The molecule has 6 heteroatoms. The minimum Gasteiger partial charge on any atom is -0.501 e. The van der Waals surface area contributed by atoms with Crippen LogP contribution >= 0.6 is 11.8 Å². The number of nitrogens with two attached hydrogens (primary N) is 1. The number of ketones is 1. The first-order chi connectivity index (χ1) is 12.0. The highest BCUT2D eigenvalue weighted by Gasteiger charge is 2.29. The molecule has 0 atom stereocenters. The van der Waals surface area contributed by atoms with Crippen LogP contribution in [0.5, 0.6) is 0 Å². The van der Waals surface area contributed by atoms with Crippen LogP contribution in [0.2, 0.25) is 0 Å². The second kappa shape index (κ2) is 7.54. The lowest BCUT2D eigenvalue weighted by Crippen LogP contribution is -2.18. The van der Waals surface area contributed by atoms with Crippen molar-refractivity contribution in [1.82, 2.24) is 4.90 Å². The van der Waals surface area contributed by atoms with E-state index in [2.05, 4.69) is 24.3 Å². The molecule has 0 aromatic heterocycles. The van der Waals surface area contributed by atoms with Gasteiger partial charge in [0, 0.05) is 29.2 Å². The highest BCUT2D eigenvalue weighted by Crippen LogP contribution is 2.47. The standard InChI is InChI=1S/C19H25N3O2S/c1-22(2)8-4-7-21-16-6-5-15(20)19-14(16)10-12-9-13(24-3)11-17(23)18(12)25-19/h5-6,9,21H,4,7-8,10-11,20H2,1-3H3. The van der Waals surface area contributed by atoms with Gasteiger partial charge in [0.25, 0.3) is 0 Å². The van der Waals surface area contributed by atoms with E-state index in [-0.39, 0.29) is 5.78 Å². The maximum Gasteiger partial charge on any atom is 0.177 e. The fourth-order valence-electron chi connectivity index (χ4n) is 3.13. The third-order valence-corrected chi connectivity index (χ3v) is 5.82. The van der Waals surface area contributed by atoms with Gasteiger partial charge in [0.1, 0.15) is 5.76 Å². The number of anilines is 2. The molecular weight excluding hydrogens is 334 g/mol. The number of benzene rings is 1. The molecule has 2 aliphatic rings. The monoisotopic (exact) mass is 359 g/mol. The first-order valence-corrected chi connectivity index (χ1v) is 9.30. The normalized spacial score (nSPS) is 16.5. The number of nitrogens with one attached hydrogen (secondary N) is 1. The zero-order valence-corrected chi connectivity index (χ0v) is 15.8. The van der Waals surface area contributed by atoms with Crippen LogP contribution in [0.3, 0.4) is 0 Å². The number of nitrogens with zero attached hydrogens (tertiary/aromatic N) is 1. The Morgan fingerprint density at radius 3 is 2.84 bits per heavy atom. The lowest BCUT2D eigenvalue weighted by atomic mass is 9.95. The van der Waals surface area contributed by atoms with Gasteiger partial charge in [-0.2, -0.15) is 0 Å². The molecule has 5 nitrogen and oxygen atoms in total. The van der Waals surface area contributed by atoms with E-state index < -0.39 is 0 Å². The summed E-state index contributed by atoms with van der Waals surface area (Å²) in [5.74, 6) is 0.853. The van der Waals surface area contributed by atoms with Crippen LogP contribution in [-0.4, -0.2) is 45.0 Å². The number of methoxy groups -OCH3 is 1. The number of carbonyl (C=O) groups is 1. The van der Waals surface area contributed by atoms with Gasteiger partial charge in [-0.25, -0.2) is 0 Å². The zero-order chi connectivity index (χ0) is 18.0. The first kappa shape index (κ1) is 17.9. The average Bonchev–Trinajstić information content (AvgIpc) is 2.59. The number of hydrogen-bond acceptors (Lipinski definition) is 6. The third-order valence-electron chi connectivity index (χ3n) is 4.44. The molecule has 0 spiro atoms. The van der Waals surface area contributed by atoms with Gasteiger partial charge in [-0.3, -0.25) is 4.79 Å². The van der Waals surface area contributed by atoms with E-state index in [0.29, 0.717) is 12.8 Å². The van der Waals surface area contributed by atoms with Gasteiger partial charge in [-0.15, -0.1) is 0 Å². The minimum absolute atomic E-state index is 0.119. The van der Waals surface area contributed by atoms with Gasteiger partial charge in [-0.1, -0.05) is 11.8 Å². The van der Waals surface area contributed by atoms with E-state index in [0.717, 1.165) is 52.0 Å². The molecule has 1 aromatic rings. The van der Waals surface area contributed by atoms with Gasteiger partial charge >= 0.3 is 0 Å².